The highest BCUT2D eigenvalue weighted by Crippen LogP contribution is 2.29. The molecule has 1 aliphatic rings. The van der Waals surface area contributed by atoms with E-state index in [0.29, 0.717) is 44.6 Å². The lowest BCUT2D eigenvalue weighted by molar-refractivity contribution is -0.137. The monoisotopic (exact) mass is 664 g/mol. The molecule has 1 fully saturated rings. The summed E-state index contributed by atoms with van der Waals surface area (Å²) in [4.78, 5) is 45.0. The second-order valence-corrected chi connectivity index (χ2v) is 13.2. The van der Waals surface area contributed by atoms with Gasteiger partial charge in [0.2, 0.25) is 17.7 Å². The van der Waals surface area contributed by atoms with Gasteiger partial charge in [-0.1, -0.05) is 76.3 Å². The lowest BCUT2D eigenvalue weighted by Gasteiger charge is -2.33. The molecule has 0 radical (unpaired) electrons. The molecule has 266 valence electrons. The molecular weight excluding hydrogens is 604 g/mol. The number of carbonyl (C=O) groups excluding carboxylic acids is 3. The van der Waals surface area contributed by atoms with Crippen LogP contribution in [-0.4, -0.2) is 95.3 Å². The van der Waals surface area contributed by atoms with Gasteiger partial charge >= 0.3 is 0 Å². The zero-order chi connectivity index (χ0) is 35.3. The summed E-state index contributed by atoms with van der Waals surface area (Å²) in [7, 11) is 1.76. The lowest BCUT2D eigenvalue weighted by Crippen LogP contribution is -2.56. The van der Waals surface area contributed by atoms with Crippen molar-refractivity contribution in [2.24, 2.45) is 11.8 Å². The van der Waals surface area contributed by atoms with Crippen molar-refractivity contribution in [1.29, 1.82) is 0 Å². The highest BCUT2D eigenvalue weighted by molar-refractivity contribution is 5.91. The Kier molecular flexibility index (Phi) is 19.6. The molecule has 0 saturated heterocycles. The molecule has 0 bridgehead atoms. The average molecular weight is 665 g/mol. The summed E-state index contributed by atoms with van der Waals surface area (Å²) in [6.45, 7) is 7.24. The Morgan fingerprint density at radius 1 is 0.917 bits per heavy atom. The molecule has 0 aliphatic heterocycles. The molecule has 1 saturated carbocycles. The van der Waals surface area contributed by atoms with Crippen LogP contribution in [0, 0.1) is 36.5 Å². The van der Waals surface area contributed by atoms with E-state index in [1.54, 1.807) is 11.9 Å². The summed E-state index contributed by atoms with van der Waals surface area (Å²) in [6, 6.07) is 7.85. The summed E-state index contributed by atoms with van der Waals surface area (Å²) >= 11 is 0. The molecule has 3 unspecified atom stereocenters. The van der Waals surface area contributed by atoms with Crippen molar-refractivity contribution in [3.8, 4) is 24.7 Å². The van der Waals surface area contributed by atoms with Crippen molar-refractivity contribution in [1.82, 2.24) is 20.4 Å². The number of hydrogen-bond donors (Lipinski definition) is 4. The van der Waals surface area contributed by atoms with Crippen molar-refractivity contribution < 1.29 is 24.6 Å². The molecule has 9 heteroatoms. The highest BCUT2D eigenvalue weighted by Gasteiger charge is 2.34. The molecule has 0 spiro atoms. The van der Waals surface area contributed by atoms with Crippen LogP contribution in [0.25, 0.3) is 0 Å². The molecule has 4 N–H and O–H groups in total. The van der Waals surface area contributed by atoms with Crippen molar-refractivity contribution in [3.63, 3.8) is 0 Å². The highest BCUT2D eigenvalue weighted by atomic mass is 16.3. The predicted molar refractivity (Wildman–Crippen MR) is 191 cm³/mol. The van der Waals surface area contributed by atoms with Gasteiger partial charge in [0, 0.05) is 39.4 Å². The topological polar surface area (TPSA) is 122 Å². The van der Waals surface area contributed by atoms with Gasteiger partial charge in [-0.3, -0.25) is 14.4 Å². The van der Waals surface area contributed by atoms with E-state index in [2.05, 4.69) is 41.2 Å². The van der Waals surface area contributed by atoms with Crippen molar-refractivity contribution >= 4 is 17.7 Å². The first-order chi connectivity index (χ1) is 23.1. The quantitative estimate of drug-likeness (QED) is 0.110. The summed E-state index contributed by atoms with van der Waals surface area (Å²) in [6.07, 6.45) is 16.7. The Balaban J connectivity index is 2.24. The number of unbranched alkanes of at least 4 members (excludes halogenated alkanes) is 1. The number of benzene rings is 1. The van der Waals surface area contributed by atoms with E-state index >= 15 is 0 Å². The second-order valence-electron chi connectivity index (χ2n) is 13.2. The number of rotatable bonds is 22. The number of amides is 3. The molecule has 0 heterocycles. The number of likely N-dealkylation sites (N-methyl/N-ethyl adjacent to an activating group) is 2. The maximum absolute atomic E-state index is 13.9. The standard InChI is InChI=1S/C39H60N4O5/c1-6-10-14-24-35(44)37(46)34(28-31-21-17-13-18-22-31)41-39(48)33(23-11-7-2)40-38(47)32(27-30-19-15-12-16-20-30)29-36(45)42(5)25-26-43(8-3)9-4/h1-2,12,15-16,19-20,31-35,37,44,46H,8-11,13-14,17-18,21-29H2,3-5H3,(H,40,47)(H,41,48)/t32?,33-,34?,35?,37+/m0/s1. The Hall–Kier alpha value is -3.37. The molecular formula is C39H60N4O5. The molecule has 48 heavy (non-hydrogen) atoms. The van der Waals surface area contributed by atoms with Crippen LogP contribution in [0.4, 0.5) is 0 Å². The predicted octanol–water partition coefficient (Wildman–Crippen LogP) is 3.91. The number of aliphatic hydroxyl groups is 2. The minimum atomic E-state index is -1.19. The van der Waals surface area contributed by atoms with Gasteiger partial charge in [0.05, 0.1) is 24.2 Å². The fourth-order valence-corrected chi connectivity index (χ4v) is 6.47. The van der Waals surface area contributed by atoms with Crippen LogP contribution in [0.15, 0.2) is 30.3 Å². The minimum absolute atomic E-state index is 0.00811. The fourth-order valence-electron chi connectivity index (χ4n) is 6.47. The van der Waals surface area contributed by atoms with Gasteiger partial charge in [0.1, 0.15) is 6.04 Å². The first-order valence-corrected chi connectivity index (χ1v) is 18.0. The van der Waals surface area contributed by atoms with Gasteiger partial charge < -0.3 is 30.6 Å². The van der Waals surface area contributed by atoms with Gasteiger partial charge in [0.25, 0.3) is 0 Å². The van der Waals surface area contributed by atoms with Gasteiger partial charge in [-0.2, -0.15) is 0 Å². The minimum Gasteiger partial charge on any atom is -0.390 e. The van der Waals surface area contributed by atoms with E-state index < -0.39 is 42.0 Å². The number of nitrogens with one attached hydrogen (secondary N) is 2. The van der Waals surface area contributed by atoms with E-state index in [1.165, 1.54) is 6.42 Å². The Labute approximate surface area is 289 Å². The van der Waals surface area contributed by atoms with Crippen LogP contribution in [0.5, 0.6) is 0 Å². The summed E-state index contributed by atoms with van der Waals surface area (Å²) in [5.41, 5.74) is 0.912. The molecule has 9 nitrogen and oxygen atoms in total. The number of terminal acetylenes is 2. The first-order valence-electron chi connectivity index (χ1n) is 18.0. The van der Waals surface area contributed by atoms with E-state index in [0.717, 1.165) is 50.9 Å². The van der Waals surface area contributed by atoms with Gasteiger partial charge in [-0.15, -0.1) is 24.7 Å². The Bertz CT molecular complexity index is 1170. The normalized spacial score (nSPS) is 16.5. The summed E-state index contributed by atoms with van der Waals surface area (Å²) in [5.74, 6) is 3.72. The number of nitrogens with zero attached hydrogens (tertiary/aromatic N) is 2. The third-order valence-electron chi connectivity index (χ3n) is 9.67. The van der Waals surface area contributed by atoms with Crippen molar-refractivity contribution in [2.75, 3.05) is 33.2 Å². The number of hydrogen-bond acceptors (Lipinski definition) is 6. The maximum atomic E-state index is 13.9. The van der Waals surface area contributed by atoms with E-state index in [9.17, 15) is 24.6 Å². The third kappa shape index (κ3) is 14.8. The fraction of sp³-hybridized carbons (Fsp3) is 0.667. The van der Waals surface area contributed by atoms with Gasteiger partial charge in [0.15, 0.2) is 0 Å². The van der Waals surface area contributed by atoms with E-state index in [1.807, 2.05) is 30.3 Å². The van der Waals surface area contributed by atoms with Gasteiger partial charge in [-0.25, -0.2) is 0 Å². The van der Waals surface area contributed by atoms with Crippen LogP contribution >= 0.6 is 0 Å². The largest absolute Gasteiger partial charge is 0.390 e. The number of aliphatic hydroxyl groups excluding tert-OH is 2. The van der Waals surface area contributed by atoms with Crippen LogP contribution < -0.4 is 10.6 Å². The molecule has 1 aromatic carbocycles. The maximum Gasteiger partial charge on any atom is 0.242 e. The molecule has 1 aromatic rings. The van der Waals surface area contributed by atoms with E-state index in [-0.39, 0.29) is 25.2 Å². The van der Waals surface area contributed by atoms with Crippen molar-refractivity contribution in [3.05, 3.63) is 35.9 Å². The van der Waals surface area contributed by atoms with Gasteiger partial charge in [-0.05, 0) is 56.7 Å². The molecule has 3 amide bonds. The molecule has 1 aliphatic carbocycles. The zero-order valence-electron chi connectivity index (χ0n) is 29.5. The molecule has 5 atom stereocenters. The van der Waals surface area contributed by atoms with E-state index in [4.69, 9.17) is 12.8 Å². The molecule has 0 aromatic heterocycles. The average Bonchev–Trinajstić information content (AvgIpc) is 3.10. The Morgan fingerprint density at radius 3 is 2.21 bits per heavy atom. The van der Waals surface area contributed by atoms with Crippen LogP contribution in [-0.2, 0) is 20.8 Å². The van der Waals surface area contributed by atoms with Crippen LogP contribution in [0.1, 0.15) is 96.5 Å². The summed E-state index contributed by atoms with van der Waals surface area (Å²) < 4.78 is 0. The Morgan fingerprint density at radius 2 is 1.58 bits per heavy atom. The second kappa shape index (κ2) is 23.1. The molecule has 2 rings (SSSR count). The van der Waals surface area contributed by atoms with Crippen molar-refractivity contribution in [2.45, 2.75) is 122 Å². The van der Waals surface area contributed by atoms with Crippen LogP contribution in [0.3, 0.4) is 0 Å². The first kappa shape index (κ1) is 40.8. The lowest BCUT2D eigenvalue weighted by atomic mass is 9.82. The zero-order valence-corrected chi connectivity index (χ0v) is 29.5. The number of carbonyl (C=O) groups is 3. The summed E-state index contributed by atoms with van der Waals surface area (Å²) in [5, 5.41) is 27.9. The smallest absolute Gasteiger partial charge is 0.242 e. The van der Waals surface area contributed by atoms with Crippen LogP contribution in [0.2, 0.25) is 0 Å². The SMILES string of the molecule is C#CCCCC(O)[C@H](O)C(CC1CCCCC1)NC(=O)[C@H](CCC#C)NC(=O)C(CC(=O)N(C)CCN(CC)CC)Cc1ccccc1. The third-order valence-corrected chi connectivity index (χ3v) is 9.67.